The fourth-order valence-corrected chi connectivity index (χ4v) is 4.25. The zero-order valence-electron chi connectivity index (χ0n) is 20.5. The molecule has 10 heteroatoms. The number of nitrogens with zero attached hydrogens (tertiary/aromatic N) is 2. The van der Waals surface area contributed by atoms with Crippen molar-refractivity contribution in [3.05, 3.63) is 52.3 Å². The van der Waals surface area contributed by atoms with Crippen LogP contribution in [-0.2, 0) is 16.3 Å². The molecule has 2 aromatic rings. The van der Waals surface area contributed by atoms with Crippen LogP contribution in [0.25, 0.3) is 0 Å². The van der Waals surface area contributed by atoms with Crippen LogP contribution in [0.4, 0.5) is 0 Å². The summed E-state index contributed by atoms with van der Waals surface area (Å²) < 4.78 is 11.1. The summed E-state index contributed by atoms with van der Waals surface area (Å²) in [4.78, 5) is 51.2. The molecule has 1 aromatic carbocycles. The SMILES string of the molecule is CCOCn1nc(C(=O)[C@H](CC(C)C)NC(=O)[C@@H]2CCCC[C@@H]2NC(=O)c2ccccc2)oc1=O. The molecule has 0 aliphatic heterocycles. The highest BCUT2D eigenvalue weighted by Gasteiger charge is 2.35. The van der Waals surface area contributed by atoms with E-state index >= 15 is 0 Å². The Bertz CT molecular complexity index is 1060. The van der Waals surface area contributed by atoms with Gasteiger partial charge >= 0.3 is 5.76 Å². The molecule has 3 atom stereocenters. The Balaban J connectivity index is 1.73. The van der Waals surface area contributed by atoms with E-state index in [1.807, 2.05) is 19.9 Å². The van der Waals surface area contributed by atoms with Crippen LogP contribution in [0.2, 0.25) is 0 Å². The number of aromatic nitrogens is 2. The third kappa shape index (κ3) is 7.11. The van der Waals surface area contributed by atoms with Gasteiger partial charge in [-0.2, -0.15) is 4.68 Å². The van der Waals surface area contributed by atoms with Gasteiger partial charge in [-0.25, -0.2) is 4.79 Å². The van der Waals surface area contributed by atoms with Gasteiger partial charge in [-0.15, -0.1) is 5.10 Å². The molecule has 1 aromatic heterocycles. The molecule has 1 aliphatic carbocycles. The van der Waals surface area contributed by atoms with Gasteiger partial charge in [0.25, 0.3) is 11.8 Å². The Morgan fingerprint density at radius 1 is 1.17 bits per heavy atom. The monoisotopic (exact) mass is 486 g/mol. The van der Waals surface area contributed by atoms with Crippen molar-refractivity contribution in [2.75, 3.05) is 6.61 Å². The first kappa shape index (κ1) is 26.3. The van der Waals surface area contributed by atoms with Crippen molar-refractivity contribution in [2.24, 2.45) is 11.8 Å². The first-order valence-corrected chi connectivity index (χ1v) is 12.2. The van der Waals surface area contributed by atoms with Crippen LogP contribution < -0.4 is 16.4 Å². The maximum Gasteiger partial charge on any atom is 0.439 e. The minimum atomic E-state index is -0.909. The molecule has 2 amide bonds. The van der Waals surface area contributed by atoms with Crippen molar-refractivity contribution in [3.63, 3.8) is 0 Å². The number of ketones is 1. The summed E-state index contributed by atoms with van der Waals surface area (Å²) in [7, 11) is 0. The zero-order chi connectivity index (χ0) is 25.4. The van der Waals surface area contributed by atoms with Gasteiger partial charge < -0.3 is 19.8 Å². The molecule has 10 nitrogen and oxygen atoms in total. The topological polar surface area (TPSA) is 133 Å². The summed E-state index contributed by atoms with van der Waals surface area (Å²) in [6.07, 6.45) is 3.39. The van der Waals surface area contributed by atoms with Crippen LogP contribution in [-0.4, -0.2) is 46.1 Å². The van der Waals surface area contributed by atoms with Crippen molar-refractivity contribution in [3.8, 4) is 0 Å². The third-order valence-corrected chi connectivity index (χ3v) is 6.03. The van der Waals surface area contributed by atoms with E-state index < -0.39 is 23.5 Å². The fraction of sp³-hybridized carbons (Fsp3) is 0.560. The van der Waals surface area contributed by atoms with Gasteiger partial charge in [0.15, 0.2) is 0 Å². The Labute approximate surface area is 204 Å². The molecule has 1 saturated carbocycles. The van der Waals surface area contributed by atoms with Gasteiger partial charge in [-0.3, -0.25) is 14.4 Å². The van der Waals surface area contributed by atoms with Crippen LogP contribution in [0.1, 0.15) is 73.9 Å². The quantitative estimate of drug-likeness (QED) is 0.466. The highest BCUT2D eigenvalue weighted by atomic mass is 16.5. The number of rotatable bonds is 11. The van der Waals surface area contributed by atoms with E-state index in [1.54, 1.807) is 31.2 Å². The van der Waals surface area contributed by atoms with E-state index in [0.717, 1.165) is 17.5 Å². The lowest BCUT2D eigenvalue weighted by molar-refractivity contribution is -0.127. The molecule has 1 fully saturated rings. The number of carbonyl (C=O) groups is 3. The van der Waals surface area contributed by atoms with E-state index in [4.69, 9.17) is 9.15 Å². The molecule has 190 valence electrons. The first-order valence-electron chi connectivity index (χ1n) is 12.2. The average molecular weight is 487 g/mol. The number of Topliss-reactive ketones (excluding diaryl/α,β-unsaturated/α-hetero) is 1. The summed E-state index contributed by atoms with van der Waals surface area (Å²) in [6, 6.07) is 7.61. The van der Waals surface area contributed by atoms with E-state index in [-0.39, 0.29) is 36.4 Å². The highest BCUT2D eigenvalue weighted by Crippen LogP contribution is 2.26. The van der Waals surface area contributed by atoms with Gasteiger partial charge in [-0.1, -0.05) is 44.9 Å². The second kappa shape index (κ2) is 12.4. The summed E-state index contributed by atoms with van der Waals surface area (Å²) in [6.45, 7) is 5.88. The zero-order valence-corrected chi connectivity index (χ0v) is 20.5. The molecule has 0 spiro atoms. The van der Waals surface area contributed by atoms with Gasteiger partial charge in [0.1, 0.15) is 6.73 Å². The molecule has 1 aliphatic rings. The van der Waals surface area contributed by atoms with E-state index in [2.05, 4.69) is 15.7 Å². The largest absolute Gasteiger partial charge is 0.439 e. The Kier molecular flexibility index (Phi) is 9.36. The number of ether oxygens (including phenoxy) is 1. The number of carbonyl (C=O) groups excluding carboxylic acids is 3. The van der Waals surface area contributed by atoms with Crippen molar-refractivity contribution >= 4 is 17.6 Å². The van der Waals surface area contributed by atoms with E-state index in [0.29, 0.717) is 31.4 Å². The number of amides is 2. The number of nitrogens with one attached hydrogen (secondary N) is 2. The predicted octanol–water partition coefficient (Wildman–Crippen LogP) is 2.53. The maximum absolute atomic E-state index is 13.3. The molecule has 0 bridgehead atoms. The summed E-state index contributed by atoms with van der Waals surface area (Å²) >= 11 is 0. The second-order valence-electron chi connectivity index (χ2n) is 9.19. The van der Waals surface area contributed by atoms with Gasteiger partial charge in [0.05, 0.1) is 12.0 Å². The van der Waals surface area contributed by atoms with Crippen LogP contribution in [0.3, 0.4) is 0 Å². The lowest BCUT2D eigenvalue weighted by Gasteiger charge is -2.32. The number of hydrogen-bond acceptors (Lipinski definition) is 7. The minimum absolute atomic E-state index is 0.0846. The number of hydrogen-bond donors (Lipinski definition) is 2. The smallest absolute Gasteiger partial charge is 0.384 e. The van der Waals surface area contributed by atoms with Crippen molar-refractivity contribution in [2.45, 2.75) is 71.7 Å². The molecular formula is C25H34N4O6. The Hall–Kier alpha value is -3.27. The molecule has 1 heterocycles. The Morgan fingerprint density at radius 3 is 2.57 bits per heavy atom. The molecule has 0 unspecified atom stereocenters. The molecule has 2 N–H and O–H groups in total. The van der Waals surface area contributed by atoms with Crippen LogP contribution in [0.5, 0.6) is 0 Å². The van der Waals surface area contributed by atoms with Crippen molar-refractivity contribution in [1.29, 1.82) is 0 Å². The third-order valence-electron chi connectivity index (χ3n) is 6.03. The standard InChI is InChI=1S/C25H34N4O6/c1-4-34-15-29-25(33)35-24(28-29)21(30)20(14-16(2)3)27-23(32)18-12-8-9-13-19(18)26-22(31)17-10-6-5-7-11-17/h5-7,10-11,16,18-20H,4,8-9,12-15H2,1-3H3,(H,26,31)(H,27,32)/t18-,19+,20+/m1/s1. The molecule has 3 rings (SSSR count). The second-order valence-corrected chi connectivity index (χ2v) is 9.19. The van der Waals surface area contributed by atoms with Gasteiger partial charge in [0.2, 0.25) is 11.7 Å². The lowest BCUT2D eigenvalue weighted by atomic mass is 9.83. The van der Waals surface area contributed by atoms with Crippen LogP contribution >= 0.6 is 0 Å². The van der Waals surface area contributed by atoms with Crippen LogP contribution in [0.15, 0.2) is 39.5 Å². The van der Waals surface area contributed by atoms with Gasteiger partial charge in [-0.05, 0) is 44.2 Å². The predicted molar refractivity (Wildman–Crippen MR) is 128 cm³/mol. The van der Waals surface area contributed by atoms with E-state index in [1.165, 1.54) is 0 Å². The summed E-state index contributed by atoms with van der Waals surface area (Å²) in [5.74, 6) is -2.65. The Morgan fingerprint density at radius 2 is 1.89 bits per heavy atom. The summed E-state index contributed by atoms with van der Waals surface area (Å²) in [5, 5.41) is 9.78. The first-order chi connectivity index (χ1) is 16.8. The normalized spacial score (nSPS) is 18.7. The van der Waals surface area contributed by atoms with Gasteiger partial charge in [0, 0.05) is 18.2 Å². The average Bonchev–Trinajstić information content (AvgIpc) is 3.22. The molecular weight excluding hydrogens is 452 g/mol. The summed E-state index contributed by atoms with van der Waals surface area (Å²) in [5.41, 5.74) is 0.530. The van der Waals surface area contributed by atoms with Crippen LogP contribution in [0, 0.1) is 11.8 Å². The minimum Gasteiger partial charge on any atom is -0.384 e. The van der Waals surface area contributed by atoms with E-state index in [9.17, 15) is 19.2 Å². The molecule has 35 heavy (non-hydrogen) atoms. The van der Waals surface area contributed by atoms with Crippen molar-refractivity contribution < 1.29 is 23.5 Å². The molecule has 0 radical (unpaired) electrons. The molecule has 0 saturated heterocycles. The highest BCUT2D eigenvalue weighted by molar-refractivity contribution is 5.99. The lowest BCUT2D eigenvalue weighted by Crippen LogP contribution is -2.52. The number of benzene rings is 1. The van der Waals surface area contributed by atoms with Crippen molar-refractivity contribution in [1.82, 2.24) is 20.4 Å². The maximum atomic E-state index is 13.3. The fourth-order valence-electron chi connectivity index (χ4n) is 4.25.